The Morgan fingerprint density at radius 2 is 1.58 bits per heavy atom. The molecule has 1 aliphatic heterocycles. The maximum Gasteiger partial charge on any atom is 0.177 e. The largest absolute Gasteiger partial charge is 0.477 e. The Labute approximate surface area is 182 Å². The minimum atomic E-state index is -0.670. The summed E-state index contributed by atoms with van der Waals surface area (Å²) in [6.45, 7) is 2.15. The van der Waals surface area contributed by atoms with E-state index in [1.54, 1.807) is 0 Å². The van der Waals surface area contributed by atoms with E-state index in [0.29, 0.717) is 17.1 Å². The summed E-state index contributed by atoms with van der Waals surface area (Å²) in [5.74, 6) is 0.932. The van der Waals surface area contributed by atoms with Gasteiger partial charge in [0.1, 0.15) is 11.2 Å². The molecule has 1 aromatic heterocycles. The summed E-state index contributed by atoms with van der Waals surface area (Å²) in [5.41, 5.74) is 2.88. The Bertz CT molecular complexity index is 1250. The second-order valence-corrected chi connectivity index (χ2v) is 7.95. The van der Waals surface area contributed by atoms with Crippen molar-refractivity contribution in [1.29, 1.82) is 5.26 Å². The van der Waals surface area contributed by atoms with Crippen molar-refractivity contribution < 1.29 is 9.15 Å². The number of nitriles is 1. The lowest BCUT2D eigenvalue weighted by Crippen LogP contribution is -2.32. The molecule has 0 spiro atoms. The number of benzene rings is 3. The van der Waals surface area contributed by atoms with E-state index in [-0.39, 0.29) is 5.92 Å². The van der Waals surface area contributed by atoms with Crippen molar-refractivity contribution in [3.8, 4) is 6.07 Å². The normalized spacial score (nSPS) is 20.6. The third-order valence-corrected chi connectivity index (χ3v) is 6.07. The van der Waals surface area contributed by atoms with Gasteiger partial charge in [-0.05, 0) is 29.7 Å². The summed E-state index contributed by atoms with van der Waals surface area (Å²) in [6.07, 6.45) is 1.70. The Kier molecular flexibility index (Phi) is 4.84. The van der Waals surface area contributed by atoms with Gasteiger partial charge in [-0.3, -0.25) is 0 Å². The van der Waals surface area contributed by atoms with Crippen LogP contribution in [0.1, 0.15) is 42.6 Å². The SMILES string of the molecule is CCCC1(c2ccccc2)OC(c2cc3ccccc3o2)=C(C#N)C1c1ccccc1. The molecule has 152 valence electrons. The fourth-order valence-corrected chi connectivity index (χ4v) is 4.79. The molecule has 5 rings (SSSR count). The van der Waals surface area contributed by atoms with E-state index in [0.717, 1.165) is 34.9 Å². The Balaban J connectivity index is 1.76. The van der Waals surface area contributed by atoms with Gasteiger partial charge >= 0.3 is 0 Å². The van der Waals surface area contributed by atoms with Crippen LogP contribution in [0.15, 0.2) is 101 Å². The average molecular weight is 405 g/mol. The number of nitrogens with zero attached hydrogens (tertiary/aromatic N) is 1. The monoisotopic (exact) mass is 405 g/mol. The van der Waals surface area contributed by atoms with Gasteiger partial charge in [0.2, 0.25) is 0 Å². The number of hydrogen-bond acceptors (Lipinski definition) is 3. The van der Waals surface area contributed by atoms with Gasteiger partial charge < -0.3 is 9.15 Å². The lowest BCUT2D eigenvalue weighted by Gasteiger charge is -2.36. The average Bonchev–Trinajstić information content (AvgIpc) is 3.40. The highest BCUT2D eigenvalue weighted by molar-refractivity contribution is 5.83. The fourth-order valence-electron chi connectivity index (χ4n) is 4.79. The lowest BCUT2D eigenvalue weighted by molar-refractivity contribution is 0.0289. The number of ether oxygens (including phenoxy) is 1. The quantitative estimate of drug-likeness (QED) is 0.353. The zero-order chi connectivity index (χ0) is 21.3. The zero-order valence-corrected chi connectivity index (χ0v) is 17.4. The molecule has 31 heavy (non-hydrogen) atoms. The minimum Gasteiger partial charge on any atom is -0.477 e. The van der Waals surface area contributed by atoms with Gasteiger partial charge in [0, 0.05) is 5.39 Å². The number of fused-ring (bicyclic) bond motifs is 1. The molecule has 2 unspecified atom stereocenters. The minimum absolute atomic E-state index is 0.218. The van der Waals surface area contributed by atoms with Crippen molar-refractivity contribution in [3.63, 3.8) is 0 Å². The Morgan fingerprint density at radius 3 is 2.26 bits per heavy atom. The summed E-state index contributed by atoms with van der Waals surface area (Å²) in [6, 6.07) is 32.8. The molecule has 0 saturated heterocycles. The second kappa shape index (κ2) is 7.81. The van der Waals surface area contributed by atoms with Crippen LogP contribution < -0.4 is 0 Å². The molecular formula is C28H23NO2. The van der Waals surface area contributed by atoms with E-state index in [1.807, 2.05) is 66.7 Å². The van der Waals surface area contributed by atoms with Crippen LogP contribution >= 0.6 is 0 Å². The molecule has 3 nitrogen and oxygen atoms in total. The molecule has 1 aliphatic rings. The van der Waals surface area contributed by atoms with E-state index in [9.17, 15) is 5.26 Å². The number of rotatable bonds is 5. The second-order valence-electron chi connectivity index (χ2n) is 7.95. The molecule has 0 amide bonds. The third-order valence-electron chi connectivity index (χ3n) is 6.07. The number of para-hydroxylation sites is 1. The Morgan fingerprint density at radius 1 is 0.903 bits per heavy atom. The molecule has 0 fully saturated rings. The number of furan rings is 1. The predicted molar refractivity (Wildman–Crippen MR) is 122 cm³/mol. The highest BCUT2D eigenvalue weighted by Gasteiger charge is 2.52. The fraction of sp³-hybridized carbons (Fsp3) is 0.179. The van der Waals surface area contributed by atoms with Crippen molar-refractivity contribution in [1.82, 2.24) is 0 Å². The molecule has 2 atom stereocenters. The zero-order valence-electron chi connectivity index (χ0n) is 17.4. The van der Waals surface area contributed by atoms with Gasteiger partial charge in [0.05, 0.1) is 17.6 Å². The lowest BCUT2D eigenvalue weighted by atomic mass is 9.72. The first kappa shape index (κ1) is 19.2. The molecule has 0 N–H and O–H groups in total. The van der Waals surface area contributed by atoms with E-state index >= 15 is 0 Å². The maximum absolute atomic E-state index is 10.3. The molecule has 3 heteroatoms. The molecule has 4 aromatic rings. The van der Waals surface area contributed by atoms with Crippen molar-refractivity contribution in [2.45, 2.75) is 31.3 Å². The van der Waals surface area contributed by atoms with Gasteiger partial charge in [-0.25, -0.2) is 0 Å². The standard InChI is InChI=1S/C28H23NO2/c1-2-17-28(22-14-7-4-8-15-22)26(20-11-5-3-6-12-20)23(19-29)27(31-28)25-18-21-13-9-10-16-24(21)30-25/h3-16,18,26H,2,17H2,1H3. The highest BCUT2D eigenvalue weighted by Crippen LogP contribution is 2.56. The van der Waals surface area contributed by atoms with Crippen molar-refractivity contribution in [2.24, 2.45) is 0 Å². The third kappa shape index (κ3) is 3.12. The van der Waals surface area contributed by atoms with Gasteiger partial charge in [-0.15, -0.1) is 0 Å². The van der Waals surface area contributed by atoms with Crippen LogP contribution in [0.2, 0.25) is 0 Å². The summed E-state index contributed by atoms with van der Waals surface area (Å²) in [4.78, 5) is 0. The molecule has 0 saturated carbocycles. The molecule has 3 aromatic carbocycles. The summed E-state index contributed by atoms with van der Waals surface area (Å²) >= 11 is 0. The topological polar surface area (TPSA) is 46.2 Å². The van der Waals surface area contributed by atoms with E-state index in [4.69, 9.17) is 9.15 Å². The summed E-state index contributed by atoms with van der Waals surface area (Å²) in [7, 11) is 0. The first-order valence-corrected chi connectivity index (χ1v) is 10.7. The van der Waals surface area contributed by atoms with Crippen molar-refractivity contribution in [2.75, 3.05) is 0 Å². The molecule has 2 heterocycles. The summed E-state index contributed by atoms with van der Waals surface area (Å²) in [5, 5.41) is 11.3. The molecule has 0 bridgehead atoms. The Hall–Kier alpha value is -3.77. The maximum atomic E-state index is 10.3. The van der Waals surface area contributed by atoms with Crippen LogP contribution in [0, 0.1) is 11.3 Å². The van der Waals surface area contributed by atoms with Crippen molar-refractivity contribution in [3.05, 3.63) is 113 Å². The summed E-state index contributed by atoms with van der Waals surface area (Å²) < 4.78 is 13.0. The van der Waals surface area contributed by atoms with Crippen LogP contribution in [0.4, 0.5) is 0 Å². The first-order valence-electron chi connectivity index (χ1n) is 10.7. The van der Waals surface area contributed by atoms with Crippen LogP contribution in [-0.4, -0.2) is 0 Å². The van der Waals surface area contributed by atoms with Gasteiger partial charge in [0.15, 0.2) is 11.5 Å². The van der Waals surface area contributed by atoms with Gasteiger partial charge in [0.25, 0.3) is 0 Å². The highest BCUT2D eigenvalue weighted by atomic mass is 16.5. The molecule has 0 aliphatic carbocycles. The van der Waals surface area contributed by atoms with E-state index in [1.165, 1.54) is 0 Å². The van der Waals surface area contributed by atoms with E-state index < -0.39 is 5.60 Å². The van der Waals surface area contributed by atoms with Crippen LogP contribution in [0.25, 0.3) is 16.7 Å². The number of hydrogen-bond donors (Lipinski definition) is 0. The van der Waals surface area contributed by atoms with Gasteiger partial charge in [-0.2, -0.15) is 5.26 Å². The van der Waals surface area contributed by atoms with E-state index in [2.05, 4.69) is 37.3 Å². The first-order chi connectivity index (χ1) is 15.3. The smallest absolute Gasteiger partial charge is 0.177 e. The van der Waals surface area contributed by atoms with Crippen molar-refractivity contribution >= 4 is 16.7 Å². The molecular weight excluding hydrogens is 382 g/mol. The molecule has 0 radical (unpaired) electrons. The van der Waals surface area contributed by atoms with Gasteiger partial charge in [-0.1, -0.05) is 92.2 Å². The van der Waals surface area contributed by atoms with Crippen LogP contribution in [-0.2, 0) is 10.3 Å². The predicted octanol–water partition coefficient (Wildman–Crippen LogP) is 7.18. The van der Waals surface area contributed by atoms with Crippen LogP contribution in [0.3, 0.4) is 0 Å². The van der Waals surface area contributed by atoms with Crippen LogP contribution in [0.5, 0.6) is 0 Å².